The predicted octanol–water partition coefficient (Wildman–Crippen LogP) is 3.06. The maximum Gasteiger partial charge on any atom is 0.320 e. The molecular weight excluding hydrogens is 275 g/mol. The fourth-order valence-corrected chi connectivity index (χ4v) is 2.70. The van der Waals surface area contributed by atoms with E-state index in [-0.39, 0.29) is 18.8 Å². The molecule has 1 aromatic carbocycles. The highest BCUT2D eigenvalue weighted by Gasteiger charge is 2.49. The van der Waals surface area contributed by atoms with Crippen LogP contribution in [0.5, 0.6) is 0 Å². The molecule has 0 spiro atoms. The van der Waals surface area contributed by atoms with Crippen LogP contribution in [0.2, 0.25) is 10.0 Å². The number of cyclic esters (lactones) is 1. The lowest BCUT2D eigenvalue weighted by Gasteiger charge is -2.22. The monoisotopic (exact) mass is 286 g/mol. The van der Waals surface area contributed by atoms with Gasteiger partial charge in [0.1, 0.15) is 11.2 Å². The van der Waals surface area contributed by atoms with Gasteiger partial charge in [-0.05, 0) is 31.0 Å². The minimum absolute atomic E-state index is 0.194. The zero-order valence-corrected chi connectivity index (χ0v) is 11.3. The third kappa shape index (κ3) is 2.13. The van der Waals surface area contributed by atoms with Gasteiger partial charge in [0.25, 0.3) is 0 Å². The average molecular weight is 287 g/mol. The average Bonchev–Trinajstić information content (AvgIpc) is 2.67. The fourth-order valence-electron chi connectivity index (χ4n) is 2.17. The Labute approximate surface area is 115 Å². The van der Waals surface area contributed by atoms with Gasteiger partial charge in [-0.3, -0.25) is 9.59 Å². The van der Waals surface area contributed by atoms with E-state index in [0.717, 1.165) is 0 Å². The smallest absolute Gasteiger partial charge is 0.320 e. The first-order valence-corrected chi connectivity index (χ1v) is 6.34. The van der Waals surface area contributed by atoms with Gasteiger partial charge >= 0.3 is 5.97 Å². The molecule has 1 fully saturated rings. The molecule has 18 heavy (non-hydrogen) atoms. The van der Waals surface area contributed by atoms with Crippen molar-refractivity contribution in [2.24, 2.45) is 5.41 Å². The summed E-state index contributed by atoms with van der Waals surface area (Å²) in [4.78, 5) is 23.7. The quantitative estimate of drug-likeness (QED) is 0.634. The SMILES string of the molecule is CC(=O)C1(Cc2c(Cl)cccc2Cl)CCOC1=O. The van der Waals surface area contributed by atoms with Crippen molar-refractivity contribution in [3.8, 4) is 0 Å². The van der Waals surface area contributed by atoms with E-state index < -0.39 is 11.4 Å². The van der Waals surface area contributed by atoms with Crippen LogP contribution in [-0.2, 0) is 20.7 Å². The van der Waals surface area contributed by atoms with Crippen LogP contribution in [0.15, 0.2) is 18.2 Å². The van der Waals surface area contributed by atoms with Crippen LogP contribution in [0.4, 0.5) is 0 Å². The van der Waals surface area contributed by atoms with Crippen LogP contribution < -0.4 is 0 Å². The number of esters is 1. The van der Waals surface area contributed by atoms with Gasteiger partial charge in [-0.1, -0.05) is 29.3 Å². The first kappa shape index (κ1) is 13.4. The van der Waals surface area contributed by atoms with Crippen LogP contribution in [0.25, 0.3) is 0 Å². The molecule has 0 aromatic heterocycles. The minimum Gasteiger partial charge on any atom is -0.465 e. The van der Waals surface area contributed by atoms with Crippen molar-refractivity contribution in [3.05, 3.63) is 33.8 Å². The maximum atomic E-state index is 11.8. The van der Waals surface area contributed by atoms with E-state index in [1.807, 2.05) is 0 Å². The standard InChI is InChI=1S/C13H12Cl2O3/c1-8(16)13(5-6-18-12(13)17)7-9-10(14)3-2-4-11(9)15/h2-4H,5-7H2,1H3. The molecule has 0 aliphatic carbocycles. The Morgan fingerprint density at radius 3 is 2.44 bits per heavy atom. The summed E-state index contributed by atoms with van der Waals surface area (Å²) in [5.41, 5.74) is -0.510. The Morgan fingerprint density at radius 2 is 2.00 bits per heavy atom. The number of hydrogen-bond donors (Lipinski definition) is 0. The highest BCUT2D eigenvalue weighted by molar-refractivity contribution is 6.36. The topological polar surface area (TPSA) is 43.4 Å². The highest BCUT2D eigenvalue weighted by atomic mass is 35.5. The Kier molecular flexibility index (Phi) is 3.64. The predicted molar refractivity (Wildman–Crippen MR) is 68.9 cm³/mol. The minimum atomic E-state index is -1.13. The molecule has 0 N–H and O–H groups in total. The molecule has 1 aliphatic rings. The first-order valence-electron chi connectivity index (χ1n) is 5.58. The van der Waals surface area contributed by atoms with E-state index in [2.05, 4.69) is 0 Å². The van der Waals surface area contributed by atoms with Crippen molar-refractivity contribution in [1.29, 1.82) is 0 Å². The summed E-state index contributed by atoms with van der Waals surface area (Å²) < 4.78 is 4.94. The Hall–Kier alpha value is -1.06. The fraction of sp³-hybridized carbons (Fsp3) is 0.385. The lowest BCUT2D eigenvalue weighted by Crippen LogP contribution is -2.36. The second kappa shape index (κ2) is 4.90. The molecule has 1 aromatic rings. The third-order valence-corrected chi connectivity index (χ3v) is 4.08. The molecule has 0 radical (unpaired) electrons. The van der Waals surface area contributed by atoms with Crippen LogP contribution in [0, 0.1) is 5.41 Å². The van der Waals surface area contributed by atoms with E-state index in [0.29, 0.717) is 22.0 Å². The largest absolute Gasteiger partial charge is 0.465 e. The summed E-state index contributed by atoms with van der Waals surface area (Å²) in [6, 6.07) is 5.11. The van der Waals surface area contributed by atoms with Gasteiger partial charge in [0, 0.05) is 16.5 Å². The normalized spacial score (nSPS) is 22.9. The summed E-state index contributed by atoms with van der Waals surface area (Å²) in [6.07, 6.45) is 0.572. The molecule has 0 bridgehead atoms. The van der Waals surface area contributed by atoms with Crippen LogP contribution >= 0.6 is 23.2 Å². The molecule has 3 nitrogen and oxygen atoms in total. The second-order valence-electron chi connectivity index (χ2n) is 4.40. The number of carbonyl (C=O) groups is 2. The number of ketones is 1. The van der Waals surface area contributed by atoms with Crippen molar-refractivity contribution < 1.29 is 14.3 Å². The van der Waals surface area contributed by atoms with Gasteiger partial charge < -0.3 is 4.74 Å². The van der Waals surface area contributed by atoms with Crippen LogP contribution in [-0.4, -0.2) is 18.4 Å². The molecule has 0 amide bonds. The van der Waals surface area contributed by atoms with Gasteiger partial charge in [-0.2, -0.15) is 0 Å². The summed E-state index contributed by atoms with van der Waals surface area (Å²) in [5, 5.41) is 0.922. The van der Waals surface area contributed by atoms with E-state index in [1.54, 1.807) is 18.2 Å². The molecule has 1 atom stereocenters. The Morgan fingerprint density at radius 1 is 1.39 bits per heavy atom. The molecule has 1 unspecified atom stereocenters. The van der Waals surface area contributed by atoms with Crippen LogP contribution in [0.1, 0.15) is 18.9 Å². The molecule has 5 heteroatoms. The van der Waals surface area contributed by atoms with Crippen LogP contribution in [0.3, 0.4) is 0 Å². The number of Topliss-reactive ketones (excluding diaryl/α,β-unsaturated/α-hetero) is 1. The first-order chi connectivity index (χ1) is 8.47. The van der Waals surface area contributed by atoms with Gasteiger partial charge in [0.2, 0.25) is 0 Å². The summed E-state index contributed by atoms with van der Waals surface area (Å²) in [7, 11) is 0. The summed E-state index contributed by atoms with van der Waals surface area (Å²) in [6.45, 7) is 1.66. The number of hydrogen-bond acceptors (Lipinski definition) is 3. The van der Waals surface area contributed by atoms with Crippen molar-refractivity contribution in [3.63, 3.8) is 0 Å². The van der Waals surface area contributed by atoms with Gasteiger partial charge in [-0.15, -0.1) is 0 Å². The lowest BCUT2D eigenvalue weighted by atomic mass is 9.77. The number of carbonyl (C=O) groups excluding carboxylic acids is 2. The van der Waals surface area contributed by atoms with E-state index in [9.17, 15) is 9.59 Å². The molecule has 0 saturated carbocycles. The van der Waals surface area contributed by atoms with E-state index >= 15 is 0 Å². The van der Waals surface area contributed by atoms with Gasteiger partial charge in [-0.25, -0.2) is 0 Å². The number of halogens is 2. The van der Waals surface area contributed by atoms with Crippen molar-refractivity contribution in [2.75, 3.05) is 6.61 Å². The second-order valence-corrected chi connectivity index (χ2v) is 5.22. The zero-order chi connectivity index (χ0) is 13.3. The van der Waals surface area contributed by atoms with Crippen molar-refractivity contribution in [1.82, 2.24) is 0 Å². The molecular formula is C13H12Cl2O3. The molecule has 1 aliphatic heterocycles. The summed E-state index contributed by atoms with van der Waals surface area (Å²) >= 11 is 12.1. The maximum absolute atomic E-state index is 11.8. The Balaban J connectivity index is 2.42. The molecule has 1 saturated heterocycles. The highest BCUT2D eigenvalue weighted by Crippen LogP contribution is 2.38. The zero-order valence-electron chi connectivity index (χ0n) is 9.83. The van der Waals surface area contributed by atoms with Gasteiger partial charge in [0.15, 0.2) is 0 Å². The van der Waals surface area contributed by atoms with E-state index in [4.69, 9.17) is 27.9 Å². The Bertz CT molecular complexity index is 493. The molecule has 1 heterocycles. The number of benzene rings is 1. The van der Waals surface area contributed by atoms with E-state index in [1.165, 1.54) is 6.92 Å². The number of rotatable bonds is 3. The third-order valence-electron chi connectivity index (χ3n) is 3.37. The van der Waals surface area contributed by atoms with Gasteiger partial charge in [0.05, 0.1) is 6.61 Å². The van der Waals surface area contributed by atoms with Crippen molar-refractivity contribution in [2.45, 2.75) is 19.8 Å². The van der Waals surface area contributed by atoms with Crippen molar-refractivity contribution >= 4 is 35.0 Å². The molecule has 96 valence electrons. The lowest BCUT2D eigenvalue weighted by molar-refractivity contribution is -0.150. The summed E-state index contributed by atoms with van der Waals surface area (Å²) in [5.74, 6) is -0.688. The number of ether oxygens (including phenoxy) is 1. The molecule has 2 rings (SSSR count).